The van der Waals surface area contributed by atoms with Crippen LogP contribution < -0.4 is 0 Å². The zero-order valence-corrected chi connectivity index (χ0v) is 9.89. The van der Waals surface area contributed by atoms with Crippen molar-refractivity contribution < 1.29 is 19.3 Å². The SMILES string of the molecule is C#CCCCO[C@H]1[C@@H](O)[C@H](OC)O[C@@H]1CC. The Kier molecular flexibility index (Phi) is 5.78. The molecule has 0 aromatic carbocycles. The highest BCUT2D eigenvalue weighted by molar-refractivity contribution is 4.88. The van der Waals surface area contributed by atoms with Crippen LogP contribution in [0.25, 0.3) is 0 Å². The monoisotopic (exact) mass is 228 g/mol. The van der Waals surface area contributed by atoms with Gasteiger partial charge in [-0.05, 0) is 12.8 Å². The predicted molar refractivity (Wildman–Crippen MR) is 59.8 cm³/mol. The van der Waals surface area contributed by atoms with E-state index in [1.807, 2.05) is 6.92 Å². The fourth-order valence-electron chi connectivity index (χ4n) is 1.83. The average Bonchev–Trinajstić information content (AvgIpc) is 2.61. The van der Waals surface area contributed by atoms with Gasteiger partial charge in [-0.1, -0.05) is 6.92 Å². The van der Waals surface area contributed by atoms with E-state index in [1.165, 1.54) is 7.11 Å². The van der Waals surface area contributed by atoms with Crippen molar-refractivity contribution in [2.45, 2.75) is 50.8 Å². The van der Waals surface area contributed by atoms with Crippen LogP contribution in [0, 0.1) is 12.3 Å². The first kappa shape index (κ1) is 13.5. The molecule has 0 saturated carbocycles. The van der Waals surface area contributed by atoms with Crippen LogP contribution in [-0.4, -0.2) is 43.4 Å². The zero-order valence-electron chi connectivity index (χ0n) is 9.89. The van der Waals surface area contributed by atoms with Crippen LogP contribution in [0.3, 0.4) is 0 Å². The highest BCUT2D eigenvalue weighted by atomic mass is 16.7. The highest BCUT2D eigenvalue weighted by Gasteiger charge is 2.43. The lowest BCUT2D eigenvalue weighted by molar-refractivity contribution is -0.148. The molecule has 4 nitrogen and oxygen atoms in total. The summed E-state index contributed by atoms with van der Waals surface area (Å²) >= 11 is 0. The van der Waals surface area contributed by atoms with Gasteiger partial charge in [0.15, 0.2) is 6.29 Å². The van der Waals surface area contributed by atoms with Gasteiger partial charge in [-0.25, -0.2) is 0 Å². The van der Waals surface area contributed by atoms with Crippen molar-refractivity contribution in [2.75, 3.05) is 13.7 Å². The van der Waals surface area contributed by atoms with Crippen LogP contribution in [0.15, 0.2) is 0 Å². The average molecular weight is 228 g/mol. The van der Waals surface area contributed by atoms with Crippen LogP contribution in [0.4, 0.5) is 0 Å². The number of hydrogen-bond acceptors (Lipinski definition) is 4. The van der Waals surface area contributed by atoms with E-state index in [0.29, 0.717) is 13.0 Å². The summed E-state index contributed by atoms with van der Waals surface area (Å²) in [6.07, 6.45) is 5.70. The third-order valence-corrected chi connectivity index (χ3v) is 2.70. The topological polar surface area (TPSA) is 47.9 Å². The number of terminal acetylenes is 1. The maximum Gasteiger partial charge on any atom is 0.186 e. The highest BCUT2D eigenvalue weighted by Crippen LogP contribution is 2.26. The van der Waals surface area contributed by atoms with Crippen molar-refractivity contribution in [1.82, 2.24) is 0 Å². The summed E-state index contributed by atoms with van der Waals surface area (Å²) in [6, 6.07) is 0. The second kappa shape index (κ2) is 6.87. The molecule has 0 bridgehead atoms. The molecule has 0 aromatic heterocycles. The minimum Gasteiger partial charge on any atom is -0.385 e. The summed E-state index contributed by atoms with van der Waals surface area (Å²) in [7, 11) is 1.52. The Morgan fingerprint density at radius 2 is 2.25 bits per heavy atom. The van der Waals surface area contributed by atoms with E-state index < -0.39 is 12.4 Å². The fourth-order valence-corrected chi connectivity index (χ4v) is 1.83. The number of aliphatic hydroxyl groups excluding tert-OH is 1. The minimum absolute atomic E-state index is 0.106. The second-order valence-electron chi connectivity index (χ2n) is 3.82. The van der Waals surface area contributed by atoms with Crippen molar-refractivity contribution >= 4 is 0 Å². The summed E-state index contributed by atoms with van der Waals surface area (Å²) in [5, 5.41) is 9.89. The van der Waals surface area contributed by atoms with Gasteiger partial charge in [0.25, 0.3) is 0 Å². The van der Waals surface area contributed by atoms with Crippen molar-refractivity contribution in [3.8, 4) is 12.3 Å². The first-order chi connectivity index (χ1) is 7.74. The molecule has 1 N–H and O–H groups in total. The molecule has 1 heterocycles. The molecule has 0 unspecified atom stereocenters. The van der Waals surface area contributed by atoms with E-state index >= 15 is 0 Å². The van der Waals surface area contributed by atoms with E-state index in [4.69, 9.17) is 20.6 Å². The third kappa shape index (κ3) is 3.19. The van der Waals surface area contributed by atoms with Crippen LogP contribution in [-0.2, 0) is 14.2 Å². The first-order valence-corrected chi connectivity index (χ1v) is 5.66. The number of unbranched alkanes of at least 4 members (excludes halogenated alkanes) is 1. The van der Waals surface area contributed by atoms with Gasteiger partial charge in [-0.15, -0.1) is 12.3 Å². The Morgan fingerprint density at radius 3 is 2.81 bits per heavy atom. The van der Waals surface area contributed by atoms with E-state index in [2.05, 4.69) is 5.92 Å². The molecule has 0 radical (unpaired) electrons. The standard InChI is InChI=1S/C12H20O4/c1-4-6-7-8-15-11-9(5-2)16-12(14-3)10(11)13/h1,9-13H,5-8H2,2-3H3/t9-,10-,11-,12-/m1/s1. The van der Waals surface area contributed by atoms with Crippen LogP contribution >= 0.6 is 0 Å². The van der Waals surface area contributed by atoms with Gasteiger partial charge in [0.1, 0.15) is 12.2 Å². The molecule has 92 valence electrons. The summed E-state index contributed by atoms with van der Waals surface area (Å²) in [6.45, 7) is 2.54. The Morgan fingerprint density at radius 1 is 1.50 bits per heavy atom. The predicted octanol–water partition coefficient (Wildman–Crippen LogP) is 0.927. The lowest BCUT2D eigenvalue weighted by Gasteiger charge is -2.19. The van der Waals surface area contributed by atoms with Crippen molar-refractivity contribution in [2.24, 2.45) is 0 Å². The van der Waals surface area contributed by atoms with E-state index in [1.54, 1.807) is 0 Å². The summed E-state index contributed by atoms with van der Waals surface area (Å²) < 4.78 is 16.1. The zero-order chi connectivity index (χ0) is 12.0. The Labute approximate surface area is 96.9 Å². The van der Waals surface area contributed by atoms with Gasteiger partial charge in [0.2, 0.25) is 0 Å². The Balaban J connectivity index is 2.40. The quantitative estimate of drug-likeness (QED) is 0.542. The summed E-state index contributed by atoms with van der Waals surface area (Å²) in [5.41, 5.74) is 0. The number of ether oxygens (including phenoxy) is 3. The van der Waals surface area contributed by atoms with Crippen molar-refractivity contribution in [3.63, 3.8) is 0 Å². The van der Waals surface area contributed by atoms with E-state index in [-0.39, 0.29) is 12.2 Å². The van der Waals surface area contributed by atoms with Gasteiger partial charge in [-0.2, -0.15) is 0 Å². The lowest BCUT2D eigenvalue weighted by atomic mass is 10.1. The third-order valence-electron chi connectivity index (χ3n) is 2.70. The first-order valence-electron chi connectivity index (χ1n) is 5.66. The normalized spacial score (nSPS) is 33.9. The number of aliphatic hydroxyl groups is 1. The van der Waals surface area contributed by atoms with Crippen molar-refractivity contribution in [1.29, 1.82) is 0 Å². The molecular formula is C12H20O4. The molecule has 0 spiro atoms. The molecule has 0 amide bonds. The molecule has 1 fully saturated rings. The number of rotatable bonds is 6. The van der Waals surface area contributed by atoms with Crippen LogP contribution in [0.5, 0.6) is 0 Å². The number of methoxy groups -OCH3 is 1. The maximum absolute atomic E-state index is 9.89. The molecule has 16 heavy (non-hydrogen) atoms. The van der Waals surface area contributed by atoms with E-state index in [0.717, 1.165) is 12.8 Å². The summed E-state index contributed by atoms with van der Waals surface area (Å²) in [5.74, 6) is 2.55. The van der Waals surface area contributed by atoms with Gasteiger partial charge in [0, 0.05) is 20.1 Å². The minimum atomic E-state index is -0.721. The molecule has 4 heteroatoms. The molecule has 1 saturated heterocycles. The molecule has 0 aliphatic carbocycles. The van der Waals surface area contributed by atoms with Gasteiger partial charge < -0.3 is 19.3 Å². The molecule has 1 aliphatic rings. The lowest BCUT2D eigenvalue weighted by Crippen LogP contribution is -2.35. The van der Waals surface area contributed by atoms with Crippen LogP contribution in [0.1, 0.15) is 26.2 Å². The van der Waals surface area contributed by atoms with Crippen molar-refractivity contribution in [3.05, 3.63) is 0 Å². The van der Waals surface area contributed by atoms with E-state index in [9.17, 15) is 5.11 Å². The van der Waals surface area contributed by atoms with Gasteiger partial charge in [0.05, 0.1) is 6.10 Å². The second-order valence-corrected chi connectivity index (χ2v) is 3.82. The molecule has 1 rings (SSSR count). The smallest absolute Gasteiger partial charge is 0.186 e. The maximum atomic E-state index is 9.89. The number of hydrogen-bond donors (Lipinski definition) is 1. The summed E-state index contributed by atoms with van der Waals surface area (Å²) in [4.78, 5) is 0. The van der Waals surface area contributed by atoms with Crippen LogP contribution in [0.2, 0.25) is 0 Å². The Bertz CT molecular complexity index is 234. The van der Waals surface area contributed by atoms with Gasteiger partial charge >= 0.3 is 0 Å². The molecule has 0 aromatic rings. The molecule has 4 atom stereocenters. The largest absolute Gasteiger partial charge is 0.385 e. The molecular weight excluding hydrogens is 208 g/mol. The molecule has 1 aliphatic heterocycles. The Hall–Kier alpha value is -0.600. The van der Waals surface area contributed by atoms with Gasteiger partial charge in [-0.3, -0.25) is 0 Å². The fraction of sp³-hybridized carbons (Fsp3) is 0.833.